The molecule has 6 heteroatoms. The lowest BCUT2D eigenvalue weighted by molar-refractivity contribution is 0.0593. The number of pyridine rings is 1. The zero-order chi connectivity index (χ0) is 10.0. The smallest absolute Gasteiger partial charge is 0.343 e. The van der Waals surface area contributed by atoms with Crippen LogP contribution < -0.4 is 0 Å². The first-order valence-electron chi connectivity index (χ1n) is 3.16. The van der Waals surface area contributed by atoms with Crippen LogP contribution in [0.1, 0.15) is 10.4 Å². The first-order valence-corrected chi connectivity index (χ1v) is 5.03. The van der Waals surface area contributed by atoms with Crippen LogP contribution in [-0.2, 0) is 4.74 Å². The quantitative estimate of drug-likeness (QED) is 0.439. The summed E-state index contributed by atoms with van der Waals surface area (Å²) in [4.78, 5) is 14.5. The second kappa shape index (κ2) is 4.32. The summed E-state index contributed by atoms with van der Waals surface area (Å²) < 4.78 is 18.3. The van der Waals surface area contributed by atoms with Crippen LogP contribution in [0.5, 0.6) is 0 Å². The zero-order valence-electron chi connectivity index (χ0n) is 6.47. The Morgan fingerprint density at radius 1 is 1.77 bits per heavy atom. The molecule has 0 amide bonds. The van der Waals surface area contributed by atoms with Gasteiger partial charge in [-0.25, -0.2) is 9.78 Å². The van der Waals surface area contributed by atoms with Crippen molar-refractivity contribution in [3.8, 4) is 0 Å². The Hall–Kier alpha value is -0.240. The topological polar surface area (TPSA) is 39.2 Å². The summed E-state index contributed by atoms with van der Waals surface area (Å²) in [6.45, 7) is 0. The fourth-order valence-corrected chi connectivity index (χ4v) is 2.29. The normalized spacial score (nSPS) is 9.85. The summed E-state index contributed by atoms with van der Waals surface area (Å²) in [6, 6.07) is 1.54. The predicted octanol–water partition coefficient (Wildman–Crippen LogP) is 2.37. The van der Waals surface area contributed by atoms with E-state index in [1.54, 1.807) is 0 Å². The summed E-state index contributed by atoms with van der Waals surface area (Å²) in [6.07, 6.45) is 0. The van der Waals surface area contributed by atoms with Crippen molar-refractivity contribution >= 4 is 44.5 Å². The number of carbonyl (C=O) groups is 1. The third kappa shape index (κ3) is 2.37. The van der Waals surface area contributed by atoms with Crippen molar-refractivity contribution in [1.29, 1.82) is 0 Å². The van der Waals surface area contributed by atoms with Gasteiger partial charge in [0.1, 0.15) is 10.2 Å². The average molecular weight is 360 g/mol. The van der Waals surface area contributed by atoms with Crippen molar-refractivity contribution in [3.63, 3.8) is 0 Å². The Balaban J connectivity index is 3.28. The standard InChI is InChI=1S/C7H4BrFINO2/c1-13-7(12)5-3(10)2-4(8)11-6(5)9/h2H,1H3. The fourth-order valence-electron chi connectivity index (χ4n) is 0.741. The van der Waals surface area contributed by atoms with E-state index >= 15 is 0 Å². The van der Waals surface area contributed by atoms with E-state index in [4.69, 9.17) is 0 Å². The Morgan fingerprint density at radius 2 is 2.38 bits per heavy atom. The van der Waals surface area contributed by atoms with E-state index in [0.29, 0.717) is 8.17 Å². The van der Waals surface area contributed by atoms with Gasteiger partial charge in [-0.3, -0.25) is 0 Å². The van der Waals surface area contributed by atoms with Crippen molar-refractivity contribution in [1.82, 2.24) is 4.98 Å². The van der Waals surface area contributed by atoms with Gasteiger partial charge in [-0.15, -0.1) is 0 Å². The summed E-state index contributed by atoms with van der Waals surface area (Å²) in [5.74, 6) is -1.55. The van der Waals surface area contributed by atoms with E-state index in [2.05, 4.69) is 25.7 Å². The minimum atomic E-state index is -0.828. The van der Waals surface area contributed by atoms with E-state index in [1.807, 2.05) is 22.6 Å². The molecule has 13 heavy (non-hydrogen) atoms. The Labute approximate surface area is 96.0 Å². The molecule has 0 unspecified atom stereocenters. The van der Waals surface area contributed by atoms with Crippen LogP contribution >= 0.6 is 38.5 Å². The minimum absolute atomic E-state index is 0.133. The van der Waals surface area contributed by atoms with Gasteiger partial charge in [-0.05, 0) is 44.6 Å². The van der Waals surface area contributed by atoms with E-state index < -0.39 is 11.9 Å². The van der Waals surface area contributed by atoms with Crippen molar-refractivity contribution in [3.05, 3.63) is 25.8 Å². The number of hydrogen-bond acceptors (Lipinski definition) is 3. The first kappa shape index (κ1) is 10.8. The van der Waals surface area contributed by atoms with Gasteiger partial charge in [0.2, 0.25) is 5.95 Å². The second-order valence-corrected chi connectivity index (χ2v) is 4.06. The van der Waals surface area contributed by atoms with Crippen LogP contribution in [0.15, 0.2) is 10.7 Å². The number of methoxy groups -OCH3 is 1. The van der Waals surface area contributed by atoms with Crippen LogP contribution in [-0.4, -0.2) is 18.1 Å². The van der Waals surface area contributed by atoms with Gasteiger partial charge in [-0.1, -0.05) is 0 Å². The maximum Gasteiger partial charge on any atom is 0.343 e. The molecule has 0 atom stereocenters. The monoisotopic (exact) mass is 359 g/mol. The predicted molar refractivity (Wildman–Crippen MR) is 56.0 cm³/mol. The third-order valence-electron chi connectivity index (χ3n) is 1.29. The molecule has 0 saturated carbocycles. The van der Waals surface area contributed by atoms with Gasteiger partial charge in [0.15, 0.2) is 0 Å². The molecule has 0 aliphatic heterocycles. The van der Waals surface area contributed by atoms with E-state index in [9.17, 15) is 9.18 Å². The first-order chi connectivity index (χ1) is 6.06. The van der Waals surface area contributed by atoms with Crippen LogP contribution in [0.2, 0.25) is 0 Å². The van der Waals surface area contributed by atoms with Crippen LogP contribution in [0, 0.1) is 9.52 Å². The number of ether oxygens (including phenoxy) is 1. The Kier molecular flexibility index (Phi) is 3.60. The molecule has 1 rings (SSSR count). The molecule has 0 radical (unpaired) electrons. The van der Waals surface area contributed by atoms with Gasteiger partial charge in [0, 0.05) is 3.57 Å². The highest BCUT2D eigenvalue weighted by molar-refractivity contribution is 14.1. The SMILES string of the molecule is COC(=O)c1c(I)cc(Br)nc1F. The highest BCUT2D eigenvalue weighted by Crippen LogP contribution is 2.19. The van der Waals surface area contributed by atoms with Crippen molar-refractivity contribution in [2.24, 2.45) is 0 Å². The summed E-state index contributed by atoms with van der Waals surface area (Å²) in [5, 5.41) is 0. The molecule has 0 saturated heterocycles. The highest BCUT2D eigenvalue weighted by atomic mass is 127. The minimum Gasteiger partial charge on any atom is -0.465 e. The van der Waals surface area contributed by atoms with E-state index in [-0.39, 0.29) is 5.56 Å². The van der Waals surface area contributed by atoms with Gasteiger partial charge in [0.25, 0.3) is 0 Å². The second-order valence-electron chi connectivity index (χ2n) is 2.08. The zero-order valence-corrected chi connectivity index (χ0v) is 10.2. The molecular weight excluding hydrogens is 356 g/mol. The van der Waals surface area contributed by atoms with Gasteiger partial charge in [-0.2, -0.15) is 4.39 Å². The van der Waals surface area contributed by atoms with Gasteiger partial charge in [0.05, 0.1) is 7.11 Å². The molecular formula is C7H4BrFINO2. The molecule has 0 spiro atoms. The number of halogens is 3. The molecule has 1 aromatic heterocycles. The molecule has 3 nitrogen and oxygen atoms in total. The Bertz CT molecular complexity index is 335. The molecule has 0 aliphatic rings. The molecule has 0 aromatic carbocycles. The molecule has 1 aromatic rings. The van der Waals surface area contributed by atoms with Crippen molar-refractivity contribution < 1.29 is 13.9 Å². The van der Waals surface area contributed by atoms with E-state index in [1.165, 1.54) is 13.2 Å². The lowest BCUT2D eigenvalue weighted by Gasteiger charge is -2.03. The van der Waals surface area contributed by atoms with Crippen LogP contribution in [0.3, 0.4) is 0 Å². The molecule has 0 bridgehead atoms. The number of aromatic nitrogens is 1. The number of hydrogen-bond donors (Lipinski definition) is 0. The average Bonchev–Trinajstić information content (AvgIpc) is 2.02. The lowest BCUT2D eigenvalue weighted by atomic mass is 10.3. The van der Waals surface area contributed by atoms with Crippen molar-refractivity contribution in [2.75, 3.05) is 7.11 Å². The summed E-state index contributed by atoms with van der Waals surface area (Å²) >= 11 is 4.85. The third-order valence-corrected chi connectivity index (χ3v) is 2.54. The highest BCUT2D eigenvalue weighted by Gasteiger charge is 2.18. The maximum absolute atomic E-state index is 13.1. The molecule has 0 N–H and O–H groups in total. The number of nitrogens with zero attached hydrogens (tertiary/aromatic N) is 1. The molecule has 0 aliphatic carbocycles. The van der Waals surface area contributed by atoms with E-state index in [0.717, 1.165) is 0 Å². The van der Waals surface area contributed by atoms with Gasteiger partial charge < -0.3 is 4.74 Å². The largest absolute Gasteiger partial charge is 0.465 e. The fraction of sp³-hybridized carbons (Fsp3) is 0.143. The summed E-state index contributed by atoms with van der Waals surface area (Å²) in [5.41, 5.74) is -0.133. The van der Waals surface area contributed by atoms with Crippen molar-refractivity contribution in [2.45, 2.75) is 0 Å². The molecule has 70 valence electrons. The molecule has 1 heterocycles. The number of esters is 1. The molecule has 0 fully saturated rings. The maximum atomic E-state index is 13.1. The van der Waals surface area contributed by atoms with Crippen LogP contribution in [0.4, 0.5) is 4.39 Å². The summed E-state index contributed by atoms with van der Waals surface area (Å²) in [7, 11) is 1.19. The number of rotatable bonds is 1. The van der Waals surface area contributed by atoms with Crippen LogP contribution in [0.25, 0.3) is 0 Å². The Morgan fingerprint density at radius 3 is 2.85 bits per heavy atom. The lowest BCUT2D eigenvalue weighted by Crippen LogP contribution is -2.08. The van der Waals surface area contributed by atoms with Gasteiger partial charge >= 0.3 is 5.97 Å². The number of carbonyl (C=O) groups excluding carboxylic acids is 1.